The van der Waals surface area contributed by atoms with E-state index in [0.29, 0.717) is 6.61 Å². The number of benzene rings is 2. The van der Waals surface area contributed by atoms with Crippen molar-refractivity contribution in [1.82, 2.24) is 19.5 Å². The average molecular weight is 512 g/mol. The molecule has 11 heteroatoms. The molecule has 1 aliphatic heterocycles. The van der Waals surface area contributed by atoms with Gasteiger partial charge in [-0.3, -0.25) is 14.3 Å². The van der Waals surface area contributed by atoms with E-state index < -0.39 is 29.6 Å². The molecule has 1 saturated heterocycles. The second-order valence-corrected chi connectivity index (χ2v) is 8.94. The van der Waals surface area contributed by atoms with Gasteiger partial charge in [0.2, 0.25) is 5.95 Å². The van der Waals surface area contributed by atoms with Crippen LogP contribution >= 0.6 is 11.6 Å². The molecule has 10 nitrogen and oxygen atoms in total. The predicted octanol–water partition coefficient (Wildman–Crippen LogP) is 2.37. The van der Waals surface area contributed by atoms with Gasteiger partial charge < -0.3 is 25.1 Å². The van der Waals surface area contributed by atoms with Crippen LogP contribution in [0.4, 0.5) is 5.95 Å². The Morgan fingerprint density at radius 2 is 1.78 bits per heavy atom. The fourth-order valence-electron chi connectivity index (χ4n) is 4.38. The SMILES string of the molecule is Nc1nc2c(ncn2[C@@H]2O[C@](CCl)(COCc3ccccc3)[C@@H](OCc3ccccc3)[C@@H]2O)c(=O)[nH]1. The molecule has 5 rings (SSSR count). The Labute approximate surface area is 211 Å². The minimum atomic E-state index is -1.20. The lowest BCUT2D eigenvalue weighted by Gasteiger charge is -2.32. The molecular formula is C25H26ClN5O5. The maximum Gasteiger partial charge on any atom is 0.280 e. The van der Waals surface area contributed by atoms with Gasteiger partial charge in [-0.25, -0.2) is 4.98 Å². The number of hydrogen-bond donors (Lipinski definition) is 3. The van der Waals surface area contributed by atoms with Gasteiger partial charge in [-0.05, 0) is 11.1 Å². The number of ether oxygens (including phenoxy) is 3. The Morgan fingerprint density at radius 3 is 2.44 bits per heavy atom. The number of aliphatic hydroxyl groups is 1. The Balaban J connectivity index is 1.45. The zero-order chi connectivity index (χ0) is 25.1. The van der Waals surface area contributed by atoms with Crippen LogP contribution in [-0.2, 0) is 27.4 Å². The molecule has 4 atom stereocenters. The molecule has 3 heterocycles. The van der Waals surface area contributed by atoms with Gasteiger partial charge in [-0.1, -0.05) is 60.7 Å². The maximum atomic E-state index is 12.3. The molecule has 0 spiro atoms. The molecule has 0 bridgehead atoms. The molecular weight excluding hydrogens is 486 g/mol. The molecule has 0 unspecified atom stereocenters. The Hall–Kier alpha value is -3.28. The number of nitrogens with zero attached hydrogens (tertiary/aromatic N) is 3. The quantitative estimate of drug-likeness (QED) is 0.291. The summed E-state index contributed by atoms with van der Waals surface area (Å²) in [7, 11) is 0. The number of anilines is 1. The van der Waals surface area contributed by atoms with Crippen LogP contribution in [0.5, 0.6) is 0 Å². The number of aromatic amines is 1. The highest BCUT2D eigenvalue weighted by molar-refractivity contribution is 6.18. The highest BCUT2D eigenvalue weighted by Gasteiger charge is 2.56. The van der Waals surface area contributed by atoms with Crippen molar-refractivity contribution in [2.45, 2.75) is 37.3 Å². The number of rotatable bonds is 9. The molecule has 4 N–H and O–H groups in total. The van der Waals surface area contributed by atoms with Crippen LogP contribution in [0, 0.1) is 0 Å². The molecule has 188 valence electrons. The van der Waals surface area contributed by atoms with Crippen molar-refractivity contribution < 1.29 is 19.3 Å². The molecule has 0 amide bonds. The van der Waals surface area contributed by atoms with E-state index in [1.165, 1.54) is 10.9 Å². The number of imidazole rings is 1. The van der Waals surface area contributed by atoms with E-state index in [1.54, 1.807) is 0 Å². The van der Waals surface area contributed by atoms with Gasteiger partial charge in [0, 0.05) is 0 Å². The maximum absolute atomic E-state index is 12.3. The monoisotopic (exact) mass is 511 g/mol. The van der Waals surface area contributed by atoms with E-state index in [9.17, 15) is 9.90 Å². The van der Waals surface area contributed by atoms with E-state index in [1.807, 2.05) is 60.7 Å². The lowest BCUT2D eigenvalue weighted by molar-refractivity contribution is -0.143. The smallest absolute Gasteiger partial charge is 0.280 e. The third-order valence-corrected chi connectivity index (χ3v) is 6.61. The summed E-state index contributed by atoms with van der Waals surface area (Å²) in [6.07, 6.45) is -1.65. The summed E-state index contributed by atoms with van der Waals surface area (Å²) in [4.78, 5) is 23.0. The van der Waals surface area contributed by atoms with Crippen LogP contribution in [0.15, 0.2) is 71.8 Å². The number of aromatic nitrogens is 4. The van der Waals surface area contributed by atoms with Crippen LogP contribution in [0.25, 0.3) is 11.2 Å². The minimum Gasteiger partial charge on any atom is -0.386 e. The summed E-state index contributed by atoms with van der Waals surface area (Å²) in [5.74, 6) is -0.0918. The zero-order valence-corrected chi connectivity index (χ0v) is 20.0. The van der Waals surface area contributed by atoms with Crippen molar-refractivity contribution >= 4 is 28.7 Å². The molecule has 2 aromatic heterocycles. The van der Waals surface area contributed by atoms with E-state index >= 15 is 0 Å². The molecule has 0 radical (unpaired) electrons. The summed E-state index contributed by atoms with van der Waals surface area (Å²) < 4.78 is 20.1. The molecule has 1 fully saturated rings. The van der Waals surface area contributed by atoms with E-state index in [0.717, 1.165) is 11.1 Å². The first-order valence-corrected chi connectivity index (χ1v) is 12.0. The second kappa shape index (κ2) is 10.4. The number of fused-ring (bicyclic) bond motifs is 1. The minimum absolute atomic E-state index is 0.0163. The number of halogens is 1. The molecule has 0 saturated carbocycles. The van der Waals surface area contributed by atoms with Gasteiger partial charge in [0.15, 0.2) is 17.4 Å². The lowest BCUT2D eigenvalue weighted by atomic mass is 9.97. The number of hydrogen-bond acceptors (Lipinski definition) is 8. The highest BCUT2D eigenvalue weighted by atomic mass is 35.5. The fraction of sp³-hybridized carbons (Fsp3) is 0.320. The summed E-state index contributed by atoms with van der Waals surface area (Å²) >= 11 is 6.47. The van der Waals surface area contributed by atoms with Crippen LogP contribution in [-0.4, -0.2) is 54.9 Å². The van der Waals surface area contributed by atoms with E-state index in [2.05, 4.69) is 15.0 Å². The number of H-pyrrole nitrogens is 1. The van der Waals surface area contributed by atoms with Crippen molar-refractivity contribution in [2.24, 2.45) is 0 Å². The molecule has 1 aliphatic rings. The van der Waals surface area contributed by atoms with E-state index in [4.69, 9.17) is 31.5 Å². The average Bonchev–Trinajstić information content (AvgIpc) is 3.43. The zero-order valence-electron chi connectivity index (χ0n) is 19.3. The van der Waals surface area contributed by atoms with Crippen molar-refractivity contribution in [1.29, 1.82) is 0 Å². The summed E-state index contributed by atoms with van der Waals surface area (Å²) in [5, 5.41) is 11.4. The number of nitrogens with two attached hydrogens (primary N) is 1. The fourth-order valence-corrected chi connectivity index (χ4v) is 4.67. The summed E-state index contributed by atoms with van der Waals surface area (Å²) in [6.45, 7) is 0.614. The third-order valence-electron chi connectivity index (χ3n) is 6.16. The molecule has 36 heavy (non-hydrogen) atoms. The van der Waals surface area contributed by atoms with Gasteiger partial charge >= 0.3 is 0 Å². The van der Waals surface area contributed by atoms with Crippen LogP contribution in [0.1, 0.15) is 17.4 Å². The predicted molar refractivity (Wildman–Crippen MR) is 133 cm³/mol. The second-order valence-electron chi connectivity index (χ2n) is 8.67. The van der Waals surface area contributed by atoms with Gasteiger partial charge in [0.05, 0.1) is 32.0 Å². The van der Waals surface area contributed by atoms with Crippen molar-refractivity contribution in [2.75, 3.05) is 18.2 Å². The molecule has 4 aromatic rings. The standard InChI is InChI=1S/C25H26ClN5O5/c26-13-25(14-34-11-16-7-3-1-4-8-16)20(35-12-17-9-5-2-6-10-17)19(32)23(36-25)31-15-28-18-21(31)29-24(27)30-22(18)33/h1-10,15,19-20,23,32H,11-14H2,(H3,27,29,30,33)/t19-,20-,23+,25+/m0/s1. The van der Waals surface area contributed by atoms with Crippen LogP contribution in [0.2, 0.25) is 0 Å². The van der Waals surface area contributed by atoms with Gasteiger partial charge in [-0.2, -0.15) is 4.98 Å². The van der Waals surface area contributed by atoms with Gasteiger partial charge in [0.25, 0.3) is 5.56 Å². The first-order chi connectivity index (χ1) is 17.5. The number of aliphatic hydroxyl groups excluding tert-OH is 1. The third kappa shape index (κ3) is 4.73. The first kappa shape index (κ1) is 24.4. The van der Waals surface area contributed by atoms with Crippen molar-refractivity contribution in [3.63, 3.8) is 0 Å². The van der Waals surface area contributed by atoms with Crippen LogP contribution in [0.3, 0.4) is 0 Å². The number of alkyl halides is 1. The van der Waals surface area contributed by atoms with Gasteiger partial charge in [-0.15, -0.1) is 11.6 Å². The summed E-state index contributed by atoms with van der Waals surface area (Å²) in [6, 6.07) is 19.3. The lowest BCUT2D eigenvalue weighted by Crippen LogP contribution is -2.50. The largest absolute Gasteiger partial charge is 0.386 e. The Morgan fingerprint density at radius 1 is 1.11 bits per heavy atom. The van der Waals surface area contributed by atoms with E-state index in [-0.39, 0.29) is 36.2 Å². The topological polar surface area (TPSA) is 138 Å². The van der Waals surface area contributed by atoms with Gasteiger partial charge in [0.1, 0.15) is 17.8 Å². The number of nitrogens with one attached hydrogen (secondary N) is 1. The molecule has 0 aliphatic carbocycles. The van der Waals surface area contributed by atoms with Crippen molar-refractivity contribution in [3.05, 3.63) is 88.5 Å². The number of nitrogen functional groups attached to an aromatic ring is 1. The summed E-state index contributed by atoms with van der Waals surface area (Å²) in [5.41, 5.74) is 6.23. The Kier molecular flexibility index (Phi) is 7.04. The first-order valence-electron chi connectivity index (χ1n) is 11.4. The van der Waals surface area contributed by atoms with Crippen molar-refractivity contribution in [3.8, 4) is 0 Å². The highest BCUT2D eigenvalue weighted by Crippen LogP contribution is 2.41. The molecule has 2 aromatic carbocycles. The normalized spacial score (nSPS) is 23.9. The Bertz CT molecular complexity index is 1370. The van der Waals surface area contributed by atoms with Crippen LogP contribution < -0.4 is 11.3 Å².